The molecule has 7 heteroatoms. The van der Waals surface area contributed by atoms with Crippen LogP contribution >= 0.6 is 0 Å². The Bertz CT molecular complexity index is 607. The highest BCUT2D eigenvalue weighted by Crippen LogP contribution is 2.17. The number of benzene rings is 1. The van der Waals surface area contributed by atoms with Gasteiger partial charge < -0.3 is 5.32 Å². The average Bonchev–Trinajstić information content (AvgIpc) is 2.35. The van der Waals surface area contributed by atoms with E-state index in [4.69, 9.17) is 0 Å². The Kier molecular flexibility index (Phi) is 6.08. The number of carbonyl (C=O) groups excluding carboxylic acids is 1. The average molecular weight is 330 g/mol. The number of halogens is 1. The minimum Gasteiger partial charge on any atom is -0.352 e. The van der Waals surface area contributed by atoms with Crippen LogP contribution in [0.5, 0.6) is 0 Å². The lowest BCUT2D eigenvalue weighted by Crippen LogP contribution is -2.46. The fraction of sp³-hybridized carbons (Fsp3) is 0.533. The molecular weight excluding hydrogens is 307 g/mol. The van der Waals surface area contributed by atoms with E-state index in [1.807, 2.05) is 0 Å². The van der Waals surface area contributed by atoms with Crippen molar-refractivity contribution < 1.29 is 17.6 Å². The summed E-state index contributed by atoms with van der Waals surface area (Å²) in [4.78, 5) is 11.8. The molecule has 0 unspecified atom stereocenters. The van der Waals surface area contributed by atoms with Gasteiger partial charge in [-0.1, -0.05) is 12.1 Å². The third-order valence-electron chi connectivity index (χ3n) is 3.09. The zero-order chi connectivity index (χ0) is 17.0. The number of nitrogens with one attached hydrogen (secondary N) is 1. The second kappa shape index (κ2) is 7.19. The third-order valence-corrected chi connectivity index (χ3v) is 4.62. The summed E-state index contributed by atoms with van der Waals surface area (Å²) in [5.41, 5.74) is 0.204. The highest BCUT2D eigenvalue weighted by molar-refractivity contribution is 7.88. The van der Waals surface area contributed by atoms with Gasteiger partial charge in [0.25, 0.3) is 0 Å². The van der Waals surface area contributed by atoms with Crippen LogP contribution in [-0.4, -0.2) is 37.0 Å². The lowest BCUT2D eigenvalue weighted by molar-refractivity contribution is -0.121. The minimum atomic E-state index is -3.38. The van der Waals surface area contributed by atoms with E-state index in [0.717, 1.165) is 11.8 Å². The fourth-order valence-corrected chi connectivity index (χ4v) is 3.51. The monoisotopic (exact) mass is 330 g/mol. The van der Waals surface area contributed by atoms with Gasteiger partial charge in [-0.05, 0) is 38.5 Å². The van der Waals surface area contributed by atoms with E-state index in [9.17, 15) is 17.6 Å². The van der Waals surface area contributed by atoms with Crippen molar-refractivity contribution in [2.45, 2.75) is 39.3 Å². The van der Waals surface area contributed by atoms with Crippen molar-refractivity contribution in [3.8, 4) is 0 Å². The van der Waals surface area contributed by atoms with E-state index >= 15 is 0 Å². The Hall–Kier alpha value is -1.47. The minimum absolute atomic E-state index is 0.0749. The Morgan fingerprint density at radius 3 is 2.23 bits per heavy atom. The summed E-state index contributed by atoms with van der Waals surface area (Å²) in [6.07, 6.45) is 1.21. The summed E-state index contributed by atoms with van der Waals surface area (Å²) >= 11 is 0. The van der Waals surface area contributed by atoms with Crippen LogP contribution in [0.15, 0.2) is 24.3 Å². The smallest absolute Gasteiger partial charge is 0.221 e. The second-order valence-corrected chi connectivity index (χ2v) is 8.07. The molecule has 0 bridgehead atoms. The van der Waals surface area contributed by atoms with Gasteiger partial charge in [-0.2, -0.15) is 4.31 Å². The highest BCUT2D eigenvalue weighted by atomic mass is 32.2. The molecule has 0 fully saturated rings. The van der Waals surface area contributed by atoms with E-state index < -0.39 is 15.6 Å². The molecule has 0 aliphatic heterocycles. The van der Waals surface area contributed by atoms with Crippen molar-refractivity contribution in [3.63, 3.8) is 0 Å². The standard InChI is InChI=1S/C15H23FN2O3S/c1-15(2,3)18(22(4,20)21)10-9-14(19)17-11-12-5-7-13(16)8-6-12/h5-8H,9-11H2,1-4H3,(H,17,19). The largest absolute Gasteiger partial charge is 0.352 e. The van der Waals surface area contributed by atoms with E-state index in [-0.39, 0.29) is 31.2 Å². The molecule has 0 aliphatic carbocycles. The summed E-state index contributed by atoms with van der Waals surface area (Å²) in [6, 6.07) is 5.83. The summed E-state index contributed by atoms with van der Waals surface area (Å²) in [7, 11) is -3.38. The lowest BCUT2D eigenvalue weighted by atomic mass is 10.1. The van der Waals surface area contributed by atoms with Gasteiger partial charge in [0.2, 0.25) is 15.9 Å². The Labute approximate surface area is 131 Å². The molecular formula is C15H23FN2O3S. The number of nitrogens with zero attached hydrogens (tertiary/aromatic N) is 1. The Morgan fingerprint density at radius 1 is 1.23 bits per heavy atom. The van der Waals surface area contributed by atoms with E-state index in [0.29, 0.717) is 0 Å². The number of hydrogen-bond acceptors (Lipinski definition) is 3. The van der Waals surface area contributed by atoms with Gasteiger partial charge >= 0.3 is 0 Å². The number of rotatable bonds is 6. The summed E-state index contributed by atoms with van der Waals surface area (Å²) < 4.78 is 37.6. The van der Waals surface area contributed by atoms with Crippen LogP contribution in [0.4, 0.5) is 4.39 Å². The van der Waals surface area contributed by atoms with E-state index in [1.165, 1.54) is 16.4 Å². The van der Waals surface area contributed by atoms with Crippen LogP contribution in [0.3, 0.4) is 0 Å². The number of amides is 1. The number of carbonyl (C=O) groups is 1. The molecule has 1 N–H and O–H groups in total. The number of hydrogen-bond donors (Lipinski definition) is 1. The van der Waals surface area contributed by atoms with Crippen molar-refractivity contribution >= 4 is 15.9 Å². The van der Waals surface area contributed by atoms with Crippen molar-refractivity contribution in [2.75, 3.05) is 12.8 Å². The molecule has 1 amide bonds. The van der Waals surface area contributed by atoms with Crippen LogP contribution in [0.1, 0.15) is 32.8 Å². The van der Waals surface area contributed by atoms with Gasteiger partial charge in [-0.25, -0.2) is 12.8 Å². The molecule has 0 radical (unpaired) electrons. The van der Waals surface area contributed by atoms with Crippen LogP contribution in [-0.2, 0) is 21.4 Å². The maximum atomic E-state index is 12.8. The van der Waals surface area contributed by atoms with Gasteiger partial charge in [0.15, 0.2) is 0 Å². The van der Waals surface area contributed by atoms with Crippen LogP contribution in [0, 0.1) is 5.82 Å². The topological polar surface area (TPSA) is 66.5 Å². The van der Waals surface area contributed by atoms with Gasteiger partial charge in [0.05, 0.1) is 6.26 Å². The van der Waals surface area contributed by atoms with Crippen LogP contribution < -0.4 is 5.32 Å². The molecule has 1 rings (SSSR count). The van der Waals surface area contributed by atoms with Crippen molar-refractivity contribution in [3.05, 3.63) is 35.6 Å². The zero-order valence-electron chi connectivity index (χ0n) is 13.4. The first kappa shape index (κ1) is 18.6. The second-order valence-electron chi connectivity index (χ2n) is 6.16. The first-order chi connectivity index (χ1) is 10.00. The fourth-order valence-electron chi connectivity index (χ4n) is 2.09. The highest BCUT2D eigenvalue weighted by Gasteiger charge is 2.29. The normalized spacial score (nSPS) is 12.5. The Morgan fingerprint density at radius 2 is 1.77 bits per heavy atom. The van der Waals surface area contributed by atoms with Gasteiger partial charge in [-0.15, -0.1) is 0 Å². The molecule has 5 nitrogen and oxygen atoms in total. The Balaban J connectivity index is 2.53. The molecule has 1 aromatic rings. The maximum Gasteiger partial charge on any atom is 0.221 e. The molecule has 124 valence electrons. The summed E-state index contributed by atoms with van der Waals surface area (Å²) in [5, 5.41) is 2.69. The molecule has 0 aromatic heterocycles. The lowest BCUT2D eigenvalue weighted by Gasteiger charge is -2.33. The summed E-state index contributed by atoms with van der Waals surface area (Å²) in [6.45, 7) is 5.75. The molecule has 0 spiro atoms. The van der Waals surface area contributed by atoms with Crippen molar-refractivity contribution in [1.82, 2.24) is 9.62 Å². The van der Waals surface area contributed by atoms with Gasteiger partial charge in [0.1, 0.15) is 5.82 Å². The molecule has 0 saturated carbocycles. The molecule has 0 saturated heterocycles. The molecule has 0 heterocycles. The molecule has 0 atom stereocenters. The van der Waals surface area contributed by atoms with Crippen LogP contribution in [0.2, 0.25) is 0 Å². The predicted octanol–water partition coefficient (Wildman–Crippen LogP) is 1.89. The van der Waals surface area contributed by atoms with Crippen molar-refractivity contribution in [1.29, 1.82) is 0 Å². The first-order valence-corrected chi connectivity index (χ1v) is 8.84. The SMILES string of the molecule is CC(C)(C)N(CCC(=O)NCc1ccc(F)cc1)S(C)(=O)=O. The molecule has 1 aromatic carbocycles. The molecule has 22 heavy (non-hydrogen) atoms. The van der Waals surface area contributed by atoms with Crippen molar-refractivity contribution in [2.24, 2.45) is 0 Å². The summed E-state index contributed by atoms with van der Waals surface area (Å²) in [5.74, 6) is -0.578. The predicted molar refractivity (Wildman–Crippen MR) is 84.2 cm³/mol. The molecule has 0 aliphatic rings. The van der Waals surface area contributed by atoms with Gasteiger partial charge in [0, 0.05) is 25.0 Å². The van der Waals surface area contributed by atoms with E-state index in [2.05, 4.69) is 5.32 Å². The quantitative estimate of drug-likeness (QED) is 0.866. The first-order valence-electron chi connectivity index (χ1n) is 6.99. The number of sulfonamides is 1. The van der Waals surface area contributed by atoms with E-state index in [1.54, 1.807) is 32.9 Å². The zero-order valence-corrected chi connectivity index (χ0v) is 14.2. The van der Waals surface area contributed by atoms with Gasteiger partial charge in [-0.3, -0.25) is 4.79 Å². The van der Waals surface area contributed by atoms with Crippen LogP contribution in [0.25, 0.3) is 0 Å². The maximum absolute atomic E-state index is 12.8. The third kappa shape index (κ3) is 6.11.